The van der Waals surface area contributed by atoms with Gasteiger partial charge < -0.3 is 21.1 Å². The molecule has 0 aliphatic carbocycles. The van der Waals surface area contributed by atoms with E-state index in [4.69, 9.17) is 10.9 Å². The molecule has 8 heteroatoms. The fraction of sp³-hybridized carbons (Fsp3) is 0.200. The molecule has 13 heavy (non-hydrogen) atoms. The number of aryl methyl sites for hydroxylation is 1. The summed E-state index contributed by atoms with van der Waals surface area (Å²) in [5.41, 5.74) is 5.41. The molecule has 0 unspecified atom stereocenters. The highest BCUT2D eigenvalue weighted by molar-refractivity contribution is 5.95. The van der Waals surface area contributed by atoms with Gasteiger partial charge in [0.15, 0.2) is 5.84 Å². The Hall–Kier alpha value is -2.12. The highest BCUT2D eigenvalue weighted by atomic mass is 16.6. The summed E-state index contributed by atoms with van der Waals surface area (Å²) in [6.07, 6.45) is 0. The summed E-state index contributed by atoms with van der Waals surface area (Å²) in [6, 6.07) is 1.12. The lowest BCUT2D eigenvalue weighted by atomic mass is 10.4. The van der Waals surface area contributed by atoms with Crippen molar-refractivity contribution < 1.29 is 10.1 Å². The first kappa shape index (κ1) is 8.97. The van der Waals surface area contributed by atoms with Gasteiger partial charge in [-0.2, -0.15) is 4.68 Å². The molecule has 1 heterocycles. The maximum Gasteiger partial charge on any atom is 0.390 e. The van der Waals surface area contributed by atoms with Crippen molar-refractivity contribution in [2.75, 3.05) is 0 Å². The van der Waals surface area contributed by atoms with Gasteiger partial charge in [-0.25, -0.2) is 0 Å². The van der Waals surface area contributed by atoms with Crippen LogP contribution in [0.2, 0.25) is 0 Å². The number of nitrogens with two attached hydrogens (primary N) is 1. The number of nitrogens with zero attached hydrogens (tertiary/aromatic N) is 4. The third kappa shape index (κ3) is 1.55. The minimum atomic E-state index is -0.659. The maximum atomic E-state index is 10.3. The molecule has 1 aromatic rings. The number of aromatic nitrogens is 2. The Morgan fingerprint density at radius 1 is 1.92 bits per heavy atom. The van der Waals surface area contributed by atoms with Crippen LogP contribution in [0.1, 0.15) is 5.69 Å². The summed E-state index contributed by atoms with van der Waals surface area (Å²) in [6.45, 7) is 0. The zero-order chi connectivity index (χ0) is 10.0. The number of oxime groups is 1. The fourth-order valence-corrected chi connectivity index (χ4v) is 0.832. The lowest BCUT2D eigenvalue weighted by molar-refractivity contribution is -0.389. The van der Waals surface area contributed by atoms with Gasteiger partial charge in [-0.3, -0.25) is 0 Å². The Morgan fingerprint density at radius 2 is 2.54 bits per heavy atom. The van der Waals surface area contributed by atoms with Crippen LogP contribution in [0.5, 0.6) is 0 Å². The standard InChI is InChI=1S/C5H7N5O3/c1-9-3(5(6)8-11)2-4(7-9)10(12)13/h2,11H,1H3,(H2,6,8). The molecule has 70 valence electrons. The lowest BCUT2D eigenvalue weighted by Crippen LogP contribution is -2.17. The van der Waals surface area contributed by atoms with Gasteiger partial charge in [0, 0.05) is 0 Å². The normalized spacial score (nSPS) is 11.6. The Labute approximate surface area is 72.4 Å². The smallest absolute Gasteiger partial charge is 0.390 e. The highest BCUT2D eigenvalue weighted by Crippen LogP contribution is 2.09. The van der Waals surface area contributed by atoms with E-state index in [9.17, 15) is 10.1 Å². The molecule has 0 atom stereocenters. The Kier molecular flexibility index (Phi) is 2.13. The molecule has 1 rings (SSSR count). The molecule has 0 aliphatic rings. The molecule has 0 spiro atoms. The molecule has 0 amide bonds. The van der Waals surface area contributed by atoms with Crippen molar-refractivity contribution in [2.45, 2.75) is 0 Å². The first-order chi connectivity index (χ1) is 6.06. The molecule has 0 saturated carbocycles. The Bertz CT molecular complexity index is 368. The molecule has 8 nitrogen and oxygen atoms in total. The molecule has 0 bridgehead atoms. The van der Waals surface area contributed by atoms with Crippen molar-refractivity contribution >= 4 is 11.7 Å². The van der Waals surface area contributed by atoms with Gasteiger partial charge in [-0.05, 0) is 4.92 Å². The predicted molar refractivity (Wildman–Crippen MR) is 42.4 cm³/mol. The molecule has 0 saturated heterocycles. The Balaban J connectivity index is 3.18. The van der Waals surface area contributed by atoms with E-state index in [-0.39, 0.29) is 17.3 Å². The quantitative estimate of drug-likeness (QED) is 0.210. The topological polar surface area (TPSA) is 120 Å². The van der Waals surface area contributed by atoms with Crippen LogP contribution < -0.4 is 5.73 Å². The number of nitro groups is 1. The molecule has 3 N–H and O–H groups in total. The van der Waals surface area contributed by atoms with Crippen molar-refractivity contribution in [3.63, 3.8) is 0 Å². The summed E-state index contributed by atoms with van der Waals surface area (Å²) in [5.74, 6) is -0.563. The molecule has 0 fully saturated rings. The van der Waals surface area contributed by atoms with Crippen molar-refractivity contribution in [3.8, 4) is 0 Å². The van der Waals surface area contributed by atoms with Gasteiger partial charge >= 0.3 is 5.82 Å². The minimum Gasteiger partial charge on any atom is -0.409 e. The number of amidine groups is 1. The van der Waals surface area contributed by atoms with Crippen LogP contribution in [0.15, 0.2) is 11.2 Å². The Morgan fingerprint density at radius 3 is 2.92 bits per heavy atom. The summed E-state index contributed by atoms with van der Waals surface area (Å²) in [7, 11) is 1.46. The molecular formula is C5H7N5O3. The molecule has 0 aromatic carbocycles. The lowest BCUT2D eigenvalue weighted by Gasteiger charge is -1.91. The van der Waals surface area contributed by atoms with E-state index in [1.807, 2.05) is 0 Å². The second kappa shape index (κ2) is 3.09. The number of hydrogen-bond acceptors (Lipinski definition) is 5. The van der Waals surface area contributed by atoms with Crippen LogP contribution in [-0.2, 0) is 7.05 Å². The third-order valence-electron chi connectivity index (χ3n) is 1.42. The first-order valence-corrected chi connectivity index (χ1v) is 3.22. The van der Waals surface area contributed by atoms with E-state index in [2.05, 4.69) is 10.3 Å². The van der Waals surface area contributed by atoms with Gasteiger partial charge in [0.2, 0.25) is 0 Å². The average molecular weight is 185 g/mol. The summed E-state index contributed by atoms with van der Waals surface area (Å²) >= 11 is 0. The van der Waals surface area contributed by atoms with Crippen LogP contribution in [0.4, 0.5) is 5.82 Å². The largest absolute Gasteiger partial charge is 0.409 e. The van der Waals surface area contributed by atoms with E-state index < -0.39 is 4.92 Å². The van der Waals surface area contributed by atoms with Crippen molar-refractivity contribution in [2.24, 2.45) is 17.9 Å². The minimum absolute atomic E-state index is 0.189. The molecule has 0 aliphatic heterocycles. The average Bonchev–Trinajstić information content (AvgIpc) is 2.46. The maximum absolute atomic E-state index is 10.3. The van der Waals surface area contributed by atoms with Gasteiger partial charge in [0.05, 0.1) is 18.2 Å². The second-order valence-corrected chi connectivity index (χ2v) is 2.25. The van der Waals surface area contributed by atoms with E-state index in [0.717, 1.165) is 10.7 Å². The summed E-state index contributed by atoms with van der Waals surface area (Å²) < 4.78 is 1.16. The first-order valence-electron chi connectivity index (χ1n) is 3.22. The van der Waals surface area contributed by atoms with E-state index in [1.54, 1.807) is 0 Å². The molecular weight excluding hydrogens is 178 g/mol. The zero-order valence-corrected chi connectivity index (χ0v) is 6.71. The summed E-state index contributed by atoms with van der Waals surface area (Å²) in [4.78, 5) is 9.61. The van der Waals surface area contributed by atoms with E-state index in [1.165, 1.54) is 7.05 Å². The van der Waals surface area contributed by atoms with E-state index in [0.29, 0.717) is 0 Å². The van der Waals surface area contributed by atoms with Gasteiger partial charge in [0.25, 0.3) is 0 Å². The van der Waals surface area contributed by atoms with Crippen molar-refractivity contribution in [3.05, 3.63) is 21.9 Å². The third-order valence-corrected chi connectivity index (χ3v) is 1.42. The van der Waals surface area contributed by atoms with Gasteiger partial charge in [0.1, 0.15) is 5.69 Å². The fourth-order valence-electron chi connectivity index (χ4n) is 0.832. The molecule has 0 radical (unpaired) electrons. The number of rotatable bonds is 2. The van der Waals surface area contributed by atoms with Crippen LogP contribution >= 0.6 is 0 Å². The van der Waals surface area contributed by atoms with Crippen molar-refractivity contribution in [1.29, 1.82) is 0 Å². The van der Waals surface area contributed by atoms with Crippen LogP contribution in [-0.4, -0.2) is 25.7 Å². The summed E-state index contributed by atoms with van der Waals surface area (Å²) in [5, 5.41) is 24.8. The van der Waals surface area contributed by atoms with Crippen molar-refractivity contribution in [1.82, 2.24) is 9.78 Å². The number of hydrogen-bond donors (Lipinski definition) is 2. The second-order valence-electron chi connectivity index (χ2n) is 2.25. The SMILES string of the molecule is Cn1nc([N+](=O)[O-])cc1C(N)=NO. The van der Waals surface area contributed by atoms with Gasteiger partial charge in [-0.15, -0.1) is 0 Å². The monoisotopic (exact) mass is 185 g/mol. The zero-order valence-electron chi connectivity index (χ0n) is 6.71. The highest BCUT2D eigenvalue weighted by Gasteiger charge is 2.17. The predicted octanol–water partition coefficient (Wildman–Crippen LogP) is -0.577. The van der Waals surface area contributed by atoms with Crippen LogP contribution in [0.25, 0.3) is 0 Å². The molecule has 1 aromatic heterocycles. The van der Waals surface area contributed by atoms with Gasteiger partial charge in [-0.1, -0.05) is 5.16 Å². The van der Waals surface area contributed by atoms with Crippen LogP contribution in [0.3, 0.4) is 0 Å². The van der Waals surface area contributed by atoms with E-state index >= 15 is 0 Å². The van der Waals surface area contributed by atoms with Crippen LogP contribution in [0, 0.1) is 10.1 Å².